The van der Waals surface area contributed by atoms with Gasteiger partial charge in [-0.1, -0.05) is 24.9 Å². The van der Waals surface area contributed by atoms with Crippen molar-refractivity contribution in [2.45, 2.75) is 51.5 Å². The number of nitrogens with one attached hydrogen (secondary N) is 1. The highest BCUT2D eigenvalue weighted by molar-refractivity contribution is 4.92. The van der Waals surface area contributed by atoms with E-state index in [1.165, 1.54) is 25.7 Å². The molecular weight excluding hydrogens is 242 g/mol. The molecule has 1 unspecified atom stereocenters. The van der Waals surface area contributed by atoms with Gasteiger partial charge in [-0.2, -0.15) is 4.98 Å². The van der Waals surface area contributed by atoms with Crippen molar-refractivity contribution in [3.05, 3.63) is 11.7 Å². The Labute approximate surface area is 115 Å². The number of rotatable bonds is 8. The second-order valence-electron chi connectivity index (χ2n) is 5.26. The van der Waals surface area contributed by atoms with Crippen molar-refractivity contribution >= 4 is 0 Å². The maximum atomic E-state index is 5.34. The van der Waals surface area contributed by atoms with Gasteiger partial charge in [0.1, 0.15) is 0 Å². The highest BCUT2D eigenvalue weighted by atomic mass is 16.5. The molecule has 0 spiro atoms. The van der Waals surface area contributed by atoms with Crippen molar-refractivity contribution in [2.24, 2.45) is 5.92 Å². The van der Waals surface area contributed by atoms with Crippen LogP contribution in [0, 0.1) is 5.92 Å². The minimum atomic E-state index is 0.475. The van der Waals surface area contributed by atoms with Crippen molar-refractivity contribution in [1.82, 2.24) is 15.5 Å². The fourth-order valence-corrected chi connectivity index (χ4v) is 2.88. The lowest BCUT2D eigenvalue weighted by Crippen LogP contribution is -2.37. The highest BCUT2D eigenvalue weighted by Crippen LogP contribution is 2.29. The Bertz CT molecular complexity index is 361. The quantitative estimate of drug-likeness (QED) is 0.780. The van der Waals surface area contributed by atoms with E-state index in [4.69, 9.17) is 9.26 Å². The van der Waals surface area contributed by atoms with E-state index >= 15 is 0 Å². The number of hydrogen-bond acceptors (Lipinski definition) is 5. The number of likely N-dealkylation sites (N-methyl/N-ethyl adjacent to an activating group) is 1. The molecule has 1 aliphatic rings. The monoisotopic (exact) mass is 267 g/mol. The van der Waals surface area contributed by atoms with Crippen LogP contribution in [-0.2, 0) is 17.6 Å². The molecule has 5 nitrogen and oxygen atoms in total. The molecule has 1 heterocycles. The Hall–Kier alpha value is -0.940. The van der Waals surface area contributed by atoms with Crippen LogP contribution < -0.4 is 5.32 Å². The van der Waals surface area contributed by atoms with Gasteiger partial charge in [0.25, 0.3) is 0 Å². The zero-order valence-corrected chi connectivity index (χ0v) is 12.0. The van der Waals surface area contributed by atoms with Crippen molar-refractivity contribution in [1.29, 1.82) is 0 Å². The van der Waals surface area contributed by atoms with E-state index in [0.717, 1.165) is 37.0 Å². The molecule has 0 amide bonds. The summed E-state index contributed by atoms with van der Waals surface area (Å²) < 4.78 is 10.4. The molecule has 0 radical (unpaired) electrons. The third kappa shape index (κ3) is 4.28. The number of hydrogen-bond donors (Lipinski definition) is 1. The number of ether oxygens (including phenoxy) is 1. The van der Waals surface area contributed by atoms with Crippen LogP contribution in [0.5, 0.6) is 0 Å². The van der Waals surface area contributed by atoms with Gasteiger partial charge >= 0.3 is 0 Å². The van der Waals surface area contributed by atoms with Gasteiger partial charge in [0.05, 0.1) is 6.61 Å². The molecule has 108 valence electrons. The zero-order chi connectivity index (χ0) is 13.5. The Morgan fingerprint density at radius 2 is 2.21 bits per heavy atom. The highest BCUT2D eigenvalue weighted by Gasteiger charge is 2.26. The summed E-state index contributed by atoms with van der Waals surface area (Å²) in [5.74, 6) is 2.26. The first-order valence-electron chi connectivity index (χ1n) is 7.37. The van der Waals surface area contributed by atoms with E-state index in [2.05, 4.69) is 22.4 Å². The summed E-state index contributed by atoms with van der Waals surface area (Å²) in [7, 11) is 1.68. The average Bonchev–Trinajstić information content (AvgIpc) is 3.07. The molecule has 1 aliphatic carbocycles. The van der Waals surface area contributed by atoms with Gasteiger partial charge in [0.2, 0.25) is 5.89 Å². The Kier molecular flexibility index (Phi) is 5.79. The number of nitrogens with zero attached hydrogens (tertiary/aromatic N) is 2. The van der Waals surface area contributed by atoms with Gasteiger partial charge in [0, 0.05) is 26.0 Å². The van der Waals surface area contributed by atoms with Crippen molar-refractivity contribution < 1.29 is 9.26 Å². The van der Waals surface area contributed by atoms with E-state index in [0.29, 0.717) is 12.6 Å². The lowest BCUT2D eigenvalue weighted by molar-refractivity contribution is 0.199. The third-order valence-corrected chi connectivity index (χ3v) is 3.87. The molecule has 2 rings (SSSR count). The summed E-state index contributed by atoms with van der Waals surface area (Å²) in [5, 5.41) is 7.57. The zero-order valence-electron chi connectivity index (χ0n) is 12.0. The Morgan fingerprint density at radius 1 is 1.42 bits per heavy atom. The first-order chi connectivity index (χ1) is 9.33. The minimum absolute atomic E-state index is 0.475. The van der Waals surface area contributed by atoms with Crippen molar-refractivity contribution in [2.75, 3.05) is 20.3 Å². The number of methoxy groups -OCH3 is 1. The second kappa shape index (κ2) is 7.60. The molecular formula is C14H25N3O2. The summed E-state index contributed by atoms with van der Waals surface area (Å²) in [5.41, 5.74) is 0. The van der Waals surface area contributed by atoms with Crippen LogP contribution in [0.3, 0.4) is 0 Å². The predicted molar refractivity (Wildman–Crippen MR) is 73.0 cm³/mol. The molecule has 1 atom stereocenters. The fourth-order valence-electron chi connectivity index (χ4n) is 2.88. The van der Waals surface area contributed by atoms with E-state index < -0.39 is 0 Å². The lowest BCUT2D eigenvalue weighted by Gasteiger charge is -2.22. The van der Waals surface area contributed by atoms with Gasteiger partial charge in [0.15, 0.2) is 5.82 Å². The smallest absolute Gasteiger partial charge is 0.228 e. The molecule has 0 aliphatic heterocycles. The third-order valence-electron chi connectivity index (χ3n) is 3.87. The summed E-state index contributed by atoms with van der Waals surface area (Å²) in [6.45, 7) is 3.78. The maximum Gasteiger partial charge on any atom is 0.228 e. The van der Waals surface area contributed by atoms with Crippen LogP contribution in [0.1, 0.15) is 44.3 Å². The van der Waals surface area contributed by atoms with Gasteiger partial charge in [-0.3, -0.25) is 0 Å². The van der Waals surface area contributed by atoms with E-state index in [9.17, 15) is 0 Å². The second-order valence-corrected chi connectivity index (χ2v) is 5.26. The molecule has 19 heavy (non-hydrogen) atoms. The van der Waals surface area contributed by atoms with E-state index in [-0.39, 0.29) is 0 Å². The SMILES string of the molecule is CCNC(Cc1nc(CCOC)no1)C1CCCC1. The van der Waals surface area contributed by atoms with Gasteiger partial charge in [-0.15, -0.1) is 0 Å². The summed E-state index contributed by atoms with van der Waals surface area (Å²) in [4.78, 5) is 4.44. The van der Waals surface area contributed by atoms with Gasteiger partial charge < -0.3 is 14.6 Å². The van der Waals surface area contributed by atoms with Crippen LogP contribution in [0.4, 0.5) is 0 Å². The molecule has 5 heteroatoms. The van der Waals surface area contributed by atoms with Crippen molar-refractivity contribution in [3.8, 4) is 0 Å². The average molecular weight is 267 g/mol. The topological polar surface area (TPSA) is 60.2 Å². The summed E-state index contributed by atoms with van der Waals surface area (Å²) in [6.07, 6.45) is 6.92. The molecule has 0 saturated heterocycles. The first-order valence-corrected chi connectivity index (χ1v) is 7.37. The molecule has 1 N–H and O–H groups in total. The van der Waals surface area contributed by atoms with Crippen LogP contribution in [0.25, 0.3) is 0 Å². The summed E-state index contributed by atoms with van der Waals surface area (Å²) >= 11 is 0. The molecule has 1 fully saturated rings. The largest absolute Gasteiger partial charge is 0.384 e. The summed E-state index contributed by atoms with van der Waals surface area (Å²) in [6, 6.07) is 0.475. The van der Waals surface area contributed by atoms with Gasteiger partial charge in [-0.25, -0.2) is 0 Å². The van der Waals surface area contributed by atoms with Gasteiger partial charge in [-0.05, 0) is 25.3 Å². The molecule has 1 aromatic rings. The Balaban J connectivity index is 1.90. The number of aromatic nitrogens is 2. The Morgan fingerprint density at radius 3 is 2.89 bits per heavy atom. The van der Waals surface area contributed by atoms with E-state index in [1.807, 2.05) is 0 Å². The van der Waals surface area contributed by atoms with Crippen LogP contribution in [-0.4, -0.2) is 36.4 Å². The standard InChI is InChI=1S/C14H25N3O2/c1-3-15-12(11-6-4-5-7-11)10-14-16-13(17-19-14)8-9-18-2/h11-12,15H,3-10H2,1-2H3. The molecule has 1 aromatic heterocycles. The fraction of sp³-hybridized carbons (Fsp3) is 0.857. The predicted octanol–water partition coefficient (Wildman–Crippen LogP) is 1.97. The minimum Gasteiger partial charge on any atom is -0.384 e. The van der Waals surface area contributed by atoms with Crippen LogP contribution in [0.15, 0.2) is 4.52 Å². The van der Waals surface area contributed by atoms with E-state index in [1.54, 1.807) is 7.11 Å². The molecule has 0 aromatic carbocycles. The van der Waals surface area contributed by atoms with Crippen LogP contribution in [0.2, 0.25) is 0 Å². The normalized spacial score (nSPS) is 18.0. The molecule has 0 bridgehead atoms. The lowest BCUT2D eigenvalue weighted by atomic mass is 9.95. The van der Waals surface area contributed by atoms with Crippen LogP contribution >= 0.6 is 0 Å². The molecule has 1 saturated carbocycles. The maximum absolute atomic E-state index is 5.34. The van der Waals surface area contributed by atoms with Crippen molar-refractivity contribution in [3.63, 3.8) is 0 Å². The first kappa shape index (κ1) is 14.5.